The predicted molar refractivity (Wildman–Crippen MR) is 62.0 cm³/mol. The second-order valence-corrected chi connectivity index (χ2v) is 3.50. The highest BCUT2D eigenvalue weighted by Crippen LogP contribution is 2.05. The lowest BCUT2D eigenvalue weighted by Crippen LogP contribution is -2.49. The summed E-state index contributed by atoms with van der Waals surface area (Å²) in [7, 11) is 1.76. The van der Waals surface area contributed by atoms with Crippen LogP contribution in [0.15, 0.2) is 4.99 Å². The molecular formula is C10H24N4. The highest BCUT2D eigenvalue weighted by Gasteiger charge is 2.14. The third-order valence-electron chi connectivity index (χ3n) is 2.49. The summed E-state index contributed by atoms with van der Waals surface area (Å²) in [4.78, 5) is 6.36. The molecule has 84 valence electrons. The van der Waals surface area contributed by atoms with E-state index in [1.165, 1.54) is 12.8 Å². The molecule has 0 rings (SSSR count). The Bertz CT molecular complexity index is 168. The van der Waals surface area contributed by atoms with Crippen molar-refractivity contribution >= 4 is 5.96 Å². The van der Waals surface area contributed by atoms with E-state index in [4.69, 9.17) is 5.84 Å². The zero-order chi connectivity index (χ0) is 11.0. The maximum absolute atomic E-state index is 5.43. The molecule has 0 saturated heterocycles. The summed E-state index contributed by atoms with van der Waals surface area (Å²) in [6, 6.07) is 0.483. The molecule has 3 N–H and O–H groups in total. The van der Waals surface area contributed by atoms with Crippen LogP contribution in [0.25, 0.3) is 0 Å². The predicted octanol–water partition coefficient (Wildman–Crippen LogP) is 1.34. The summed E-state index contributed by atoms with van der Waals surface area (Å²) >= 11 is 0. The maximum atomic E-state index is 5.43. The Hall–Kier alpha value is -0.770. The Morgan fingerprint density at radius 3 is 2.50 bits per heavy atom. The van der Waals surface area contributed by atoms with E-state index in [1.807, 2.05) is 0 Å². The fourth-order valence-corrected chi connectivity index (χ4v) is 1.36. The third-order valence-corrected chi connectivity index (χ3v) is 2.49. The first-order valence-corrected chi connectivity index (χ1v) is 5.41. The van der Waals surface area contributed by atoms with Crippen molar-refractivity contribution < 1.29 is 0 Å². The van der Waals surface area contributed by atoms with Crippen molar-refractivity contribution in [2.24, 2.45) is 10.8 Å². The Kier molecular flexibility index (Phi) is 7.20. The number of aliphatic imine (C=N–C) groups is 1. The van der Waals surface area contributed by atoms with Crippen molar-refractivity contribution in [1.82, 2.24) is 10.3 Å². The summed E-state index contributed by atoms with van der Waals surface area (Å²) < 4.78 is 0. The van der Waals surface area contributed by atoms with Gasteiger partial charge in [0.2, 0.25) is 5.96 Å². The molecule has 0 saturated carbocycles. The fourth-order valence-electron chi connectivity index (χ4n) is 1.36. The number of hydrazine groups is 1. The second kappa shape index (κ2) is 7.62. The molecule has 0 heterocycles. The van der Waals surface area contributed by atoms with E-state index >= 15 is 0 Å². The summed E-state index contributed by atoms with van der Waals surface area (Å²) in [6.45, 7) is 7.57. The van der Waals surface area contributed by atoms with Crippen LogP contribution >= 0.6 is 0 Å². The van der Waals surface area contributed by atoms with Crippen LogP contribution in [-0.2, 0) is 0 Å². The van der Waals surface area contributed by atoms with Crippen molar-refractivity contribution in [3.8, 4) is 0 Å². The number of nitrogens with one attached hydrogen (secondary N) is 1. The second-order valence-electron chi connectivity index (χ2n) is 3.50. The maximum Gasteiger partial charge on any atom is 0.208 e. The number of nitrogens with zero attached hydrogens (tertiary/aromatic N) is 2. The van der Waals surface area contributed by atoms with Gasteiger partial charge in [-0.1, -0.05) is 20.3 Å². The molecule has 1 unspecified atom stereocenters. The summed E-state index contributed by atoms with van der Waals surface area (Å²) in [5.74, 6) is 6.21. The topological polar surface area (TPSA) is 53.6 Å². The molecule has 4 nitrogen and oxygen atoms in total. The quantitative estimate of drug-likeness (QED) is 0.305. The molecule has 14 heavy (non-hydrogen) atoms. The first-order valence-electron chi connectivity index (χ1n) is 5.41. The van der Waals surface area contributed by atoms with Crippen molar-refractivity contribution in [2.75, 3.05) is 13.6 Å². The van der Waals surface area contributed by atoms with Gasteiger partial charge in [-0.15, -0.1) is 0 Å². The van der Waals surface area contributed by atoms with Gasteiger partial charge in [-0.05, 0) is 19.8 Å². The SMILES string of the molecule is CCCCN(C(=NC)NN)C(C)CC. The van der Waals surface area contributed by atoms with E-state index in [1.54, 1.807) is 7.05 Å². The summed E-state index contributed by atoms with van der Waals surface area (Å²) in [6.07, 6.45) is 3.46. The van der Waals surface area contributed by atoms with Gasteiger partial charge in [-0.3, -0.25) is 10.4 Å². The van der Waals surface area contributed by atoms with Crippen LogP contribution < -0.4 is 11.3 Å². The number of nitrogens with two attached hydrogens (primary N) is 1. The molecule has 0 aliphatic rings. The molecule has 0 fully saturated rings. The van der Waals surface area contributed by atoms with Crippen LogP contribution in [0, 0.1) is 0 Å². The minimum Gasteiger partial charge on any atom is -0.339 e. The third kappa shape index (κ3) is 3.96. The van der Waals surface area contributed by atoms with E-state index in [2.05, 4.69) is 36.1 Å². The van der Waals surface area contributed by atoms with Gasteiger partial charge in [-0.2, -0.15) is 0 Å². The average molecular weight is 200 g/mol. The Morgan fingerprint density at radius 2 is 2.14 bits per heavy atom. The number of unbranched alkanes of at least 4 members (excludes halogenated alkanes) is 1. The van der Waals surface area contributed by atoms with Crippen LogP contribution in [0.1, 0.15) is 40.0 Å². The molecule has 0 radical (unpaired) electrons. The molecule has 0 spiro atoms. The number of hydrogen-bond donors (Lipinski definition) is 2. The van der Waals surface area contributed by atoms with Crippen LogP contribution in [-0.4, -0.2) is 30.5 Å². The van der Waals surface area contributed by atoms with E-state index < -0.39 is 0 Å². The molecule has 0 aromatic carbocycles. The molecule has 0 bridgehead atoms. The van der Waals surface area contributed by atoms with E-state index in [-0.39, 0.29) is 0 Å². The van der Waals surface area contributed by atoms with Gasteiger partial charge in [-0.25, -0.2) is 5.84 Å². The monoisotopic (exact) mass is 200 g/mol. The van der Waals surface area contributed by atoms with Crippen LogP contribution in [0.2, 0.25) is 0 Å². The lowest BCUT2D eigenvalue weighted by atomic mass is 10.2. The Labute approximate surface area is 87.5 Å². The Balaban J connectivity index is 4.36. The fraction of sp³-hybridized carbons (Fsp3) is 0.900. The van der Waals surface area contributed by atoms with E-state index in [0.717, 1.165) is 18.9 Å². The minimum atomic E-state index is 0.483. The number of rotatable bonds is 5. The van der Waals surface area contributed by atoms with Crippen molar-refractivity contribution in [3.05, 3.63) is 0 Å². The lowest BCUT2D eigenvalue weighted by molar-refractivity contribution is 0.306. The van der Waals surface area contributed by atoms with Crippen LogP contribution in [0.5, 0.6) is 0 Å². The zero-order valence-corrected chi connectivity index (χ0v) is 9.88. The van der Waals surface area contributed by atoms with Gasteiger partial charge in [0, 0.05) is 19.6 Å². The van der Waals surface area contributed by atoms with Gasteiger partial charge >= 0.3 is 0 Å². The van der Waals surface area contributed by atoms with Gasteiger partial charge in [0.1, 0.15) is 0 Å². The lowest BCUT2D eigenvalue weighted by Gasteiger charge is -2.30. The first kappa shape index (κ1) is 13.2. The molecule has 4 heteroatoms. The number of guanidine groups is 1. The highest BCUT2D eigenvalue weighted by atomic mass is 15.4. The van der Waals surface area contributed by atoms with Crippen molar-refractivity contribution in [2.45, 2.75) is 46.1 Å². The largest absolute Gasteiger partial charge is 0.339 e. The van der Waals surface area contributed by atoms with E-state index in [0.29, 0.717) is 6.04 Å². The van der Waals surface area contributed by atoms with Crippen molar-refractivity contribution in [3.63, 3.8) is 0 Å². The molecule has 0 aliphatic heterocycles. The van der Waals surface area contributed by atoms with E-state index in [9.17, 15) is 0 Å². The first-order chi connectivity index (χ1) is 6.71. The summed E-state index contributed by atoms with van der Waals surface area (Å²) in [5.41, 5.74) is 2.65. The molecule has 0 amide bonds. The minimum absolute atomic E-state index is 0.483. The molecule has 0 aromatic heterocycles. The summed E-state index contributed by atoms with van der Waals surface area (Å²) in [5, 5.41) is 0. The van der Waals surface area contributed by atoms with Gasteiger partial charge in [0.25, 0.3) is 0 Å². The van der Waals surface area contributed by atoms with Crippen LogP contribution in [0.3, 0.4) is 0 Å². The smallest absolute Gasteiger partial charge is 0.208 e. The highest BCUT2D eigenvalue weighted by molar-refractivity contribution is 5.79. The average Bonchev–Trinajstić information content (AvgIpc) is 2.23. The standard InChI is InChI=1S/C10H24N4/c1-5-7-8-14(9(3)6-2)10(12-4)13-11/h9H,5-8,11H2,1-4H3,(H,12,13). The van der Waals surface area contributed by atoms with Crippen LogP contribution in [0.4, 0.5) is 0 Å². The van der Waals surface area contributed by atoms with Gasteiger partial charge < -0.3 is 4.90 Å². The van der Waals surface area contributed by atoms with Crippen molar-refractivity contribution in [1.29, 1.82) is 0 Å². The number of hydrogen-bond acceptors (Lipinski definition) is 2. The molecule has 1 atom stereocenters. The molecule has 0 aromatic rings. The molecular weight excluding hydrogens is 176 g/mol. The Morgan fingerprint density at radius 1 is 1.50 bits per heavy atom. The normalized spacial score (nSPS) is 13.9. The van der Waals surface area contributed by atoms with Gasteiger partial charge in [0.15, 0.2) is 0 Å². The van der Waals surface area contributed by atoms with Gasteiger partial charge in [0.05, 0.1) is 0 Å². The zero-order valence-electron chi connectivity index (χ0n) is 9.88. The molecule has 0 aliphatic carbocycles.